The highest BCUT2D eigenvalue weighted by Gasteiger charge is 2.15. The zero-order valence-electron chi connectivity index (χ0n) is 13.5. The molecule has 0 saturated carbocycles. The predicted octanol–water partition coefficient (Wildman–Crippen LogP) is 3.53. The van der Waals surface area contributed by atoms with E-state index in [0.29, 0.717) is 5.16 Å². The largest absolute Gasteiger partial charge is 0.293 e. The van der Waals surface area contributed by atoms with Crippen molar-refractivity contribution in [2.75, 3.05) is 5.75 Å². The second kappa shape index (κ2) is 7.10. The summed E-state index contributed by atoms with van der Waals surface area (Å²) in [5.41, 5.74) is 2.99. The van der Waals surface area contributed by atoms with Gasteiger partial charge in [-0.15, -0.1) is 5.10 Å². The SMILES string of the molecule is Cc1ccc(C)c(-n2nnnc2SCC(=O)c2ccc(F)c(F)c2)c1. The van der Waals surface area contributed by atoms with Crippen molar-refractivity contribution in [3.63, 3.8) is 0 Å². The lowest BCUT2D eigenvalue weighted by Crippen LogP contribution is -2.06. The van der Waals surface area contributed by atoms with Gasteiger partial charge in [0.1, 0.15) is 0 Å². The van der Waals surface area contributed by atoms with Gasteiger partial charge in [-0.25, -0.2) is 8.78 Å². The fraction of sp³-hybridized carbons (Fsp3) is 0.176. The van der Waals surface area contributed by atoms with Gasteiger partial charge in [0.25, 0.3) is 0 Å². The number of benzene rings is 2. The van der Waals surface area contributed by atoms with Crippen LogP contribution in [-0.2, 0) is 0 Å². The van der Waals surface area contributed by atoms with Crippen molar-refractivity contribution in [3.05, 3.63) is 64.7 Å². The van der Waals surface area contributed by atoms with Crippen LogP contribution in [0.15, 0.2) is 41.6 Å². The van der Waals surface area contributed by atoms with Crippen LogP contribution in [0.4, 0.5) is 8.78 Å². The zero-order valence-corrected chi connectivity index (χ0v) is 14.3. The second-order valence-corrected chi connectivity index (χ2v) is 6.45. The number of ketones is 1. The molecule has 0 aliphatic heterocycles. The lowest BCUT2D eigenvalue weighted by Gasteiger charge is -2.08. The van der Waals surface area contributed by atoms with E-state index in [1.807, 2.05) is 32.0 Å². The molecule has 25 heavy (non-hydrogen) atoms. The van der Waals surface area contributed by atoms with Crippen molar-refractivity contribution in [2.24, 2.45) is 0 Å². The number of hydrogen-bond acceptors (Lipinski definition) is 5. The van der Waals surface area contributed by atoms with Gasteiger partial charge >= 0.3 is 0 Å². The number of rotatable bonds is 5. The van der Waals surface area contributed by atoms with Gasteiger partial charge in [0.15, 0.2) is 17.4 Å². The molecule has 1 aromatic heterocycles. The number of hydrogen-bond donors (Lipinski definition) is 0. The molecule has 0 unspecified atom stereocenters. The third-order valence-corrected chi connectivity index (χ3v) is 4.53. The number of aromatic nitrogens is 4. The maximum Gasteiger partial charge on any atom is 0.214 e. The fourth-order valence-corrected chi connectivity index (χ4v) is 3.03. The minimum Gasteiger partial charge on any atom is -0.293 e. The van der Waals surface area contributed by atoms with Gasteiger partial charge in [-0.1, -0.05) is 23.9 Å². The van der Waals surface area contributed by atoms with Crippen LogP contribution in [-0.4, -0.2) is 31.7 Å². The molecule has 1 heterocycles. The third-order valence-electron chi connectivity index (χ3n) is 3.61. The molecular weight excluding hydrogens is 346 g/mol. The first kappa shape index (κ1) is 17.2. The summed E-state index contributed by atoms with van der Waals surface area (Å²) in [6.07, 6.45) is 0. The Morgan fingerprint density at radius 3 is 2.68 bits per heavy atom. The maximum absolute atomic E-state index is 13.3. The van der Waals surface area contributed by atoms with E-state index in [1.54, 1.807) is 4.68 Å². The number of nitrogens with zero attached hydrogens (tertiary/aromatic N) is 4. The maximum atomic E-state index is 13.3. The Labute approximate surface area is 147 Å². The minimum atomic E-state index is -1.05. The molecule has 0 aliphatic rings. The number of Topliss-reactive ketones (excluding diaryl/α,β-unsaturated/α-hetero) is 1. The number of halogens is 2. The van der Waals surface area contributed by atoms with E-state index in [0.717, 1.165) is 40.7 Å². The molecule has 3 rings (SSSR count). The second-order valence-electron chi connectivity index (χ2n) is 5.50. The van der Waals surface area contributed by atoms with Crippen LogP contribution in [0.2, 0.25) is 0 Å². The summed E-state index contributed by atoms with van der Waals surface area (Å²) in [4.78, 5) is 12.2. The monoisotopic (exact) mass is 360 g/mol. The van der Waals surface area contributed by atoms with E-state index in [9.17, 15) is 13.6 Å². The van der Waals surface area contributed by atoms with Crippen molar-refractivity contribution >= 4 is 17.5 Å². The number of aryl methyl sites for hydroxylation is 2. The van der Waals surface area contributed by atoms with E-state index in [1.165, 1.54) is 6.07 Å². The van der Waals surface area contributed by atoms with Crippen molar-refractivity contribution < 1.29 is 13.6 Å². The highest BCUT2D eigenvalue weighted by molar-refractivity contribution is 7.99. The van der Waals surface area contributed by atoms with Crippen molar-refractivity contribution in [1.82, 2.24) is 20.2 Å². The first-order chi connectivity index (χ1) is 12.0. The summed E-state index contributed by atoms with van der Waals surface area (Å²) < 4.78 is 27.8. The Hall–Kier alpha value is -2.61. The molecule has 0 radical (unpaired) electrons. The summed E-state index contributed by atoms with van der Waals surface area (Å²) >= 11 is 1.14. The molecule has 8 heteroatoms. The average molecular weight is 360 g/mol. The van der Waals surface area contributed by atoms with E-state index < -0.39 is 11.6 Å². The Morgan fingerprint density at radius 1 is 1.12 bits per heavy atom. The van der Waals surface area contributed by atoms with Crippen LogP contribution in [0.1, 0.15) is 21.5 Å². The molecule has 5 nitrogen and oxygen atoms in total. The summed E-state index contributed by atoms with van der Waals surface area (Å²) in [5, 5.41) is 12.0. The highest BCUT2D eigenvalue weighted by atomic mass is 32.2. The first-order valence-corrected chi connectivity index (χ1v) is 8.41. The predicted molar refractivity (Wildman–Crippen MR) is 90.0 cm³/mol. The standard InChI is InChI=1S/C17H14F2N4OS/c1-10-3-4-11(2)15(7-10)23-17(20-21-22-23)25-9-16(24)12-5-6-13(18)14(19)8-12/h3-8H,9H2,1-2H3. The molecule has 0 bridgehead atoms. The topological polar surface area (TPSA) is 60.7 Å². The van der Waals surface area contributed by atoms with Crippen LogP contribution in [0.3, 0.4) is 0 Å². The van der Waals surface area contributed by atoms with Crippen molar-refractivity contribution in [1.29, 1.82) is 0 Å². The van der Waals surface area contributed by atoms with Gasteiger partial charge in [0.2, 0.25) is 5.16 Å². The molecule has 128 valence electrons. The Kier molecular flexibility index (Phi) is 4.89. The van der Waals surface area contributed by atoms with Crippen LogP contribution in [0.5, 0.6) is 0 Å². The number of carbonyl (C=O) groups is 1. The van der Waals surface area contributed by atoms with Crippen molar-refractivity contribution in [3.8, 4) is 5.69 Å². The Bertz CT molecular complexity index is 942. The number of carbonyl (C=O) groups excluding carboxylic acids is 1. The molecule has 2 aromatic carbocycles. The zero-order chi connectivity index (χ0) is 18.0. The number of tetrazole rings is 1. The van der Waals surface area contributed by atoms with E-state index >= 15 is 0 Å². The van der Waals surface area contributed by atoms with Crippen LogP contribution < -0.4 is 0 Å². The molecule has 0 saturated heterocycles. The molecule has 0 fully saturated rings. The number of thioether (sulfide) groups is 1. The minimum absolute atomic E-state index is 0.0102. The smallest absolute Gasteiger partial charge is 0.214 e. The summed E-state index contributed by atoms with van der Waals surface area (Å²) in [6, 6.07) is 9.00. The quantitative estimate of drug-likeness (QED) is 0.515. The molecule has 0 N–H and O–H groups in total. The highest BCUT2D eigenvalue weighted by Crippen LogP contribution is 2.22. The van der Waals surface area contributed by atoms with Gasteiger partial charge in [0.05, 0.1) is 11.4 Å². The lowest BCUT2D eigenvalue weighted by molar-refractivity contribution is 0.102. The van der Waals surface area contributed by atoms with Crippen LogP contribution in [0, 0.1) is 25.5 Å². The fourth-order valence-electron chi connectivity index (χ4n) is 2.25. The molecule has 0 amide bonds. The molecule has 0 atom stereocenters. The van der Waals surface area contributed by atoms with Crippen LogP contribution in [0.25, 0.3) is 5.69 Å². The summed E-state index contributed by atoms with van der Waals surface area (Å²) in [5.74, 6) is -2.35. The third kappa shape index (κ3) is 3.74. The summed E-state index contributed by atoms with van der Waals surface area (Å²) in [6.45, 7) is 3.91. The van der Waals surface area contributed by atoms with E-state index in [-0.39, 0.29) is 17.1 Å². The van der Waals surface area contributed by atoms with Gasteiger partial charge in [-0.3, -0.25) is 4.79 Å². The van der Waals surface area contributed by atoms with E-state index in [4.69, 9.17) is 0 Å². The van der Waals surface area contributed by atoms with Crippen molar-refractivity contribution in [2.45, 2.75) is 19.0 Å². The molecular formula is C17H14F2N4OS. The van der Waals surface area contributed by atoms with Crippen LogP contribution >= 0.6 is 11.8 Å². The Morgan fingerprint density at radius 2 is 1.92 bits per heavy atom. The van der Waals surface area contributed by atoms with Gasteiger partial charge < -0.3 is 0 Å². The Balaban J connectivity index is 1.78. The van der Waals surface area contributed by atoms with Gasteiger partial charge in [-0.2, -0.15) is 4.68 Å². The van der Waals surface area contributed by atoms with E-state index in [2.05, 4.69) is 15.5 Å². The normalized spacial score (nSPS) is 10.9. The molecule has 0 spiro atoms. The lowest BCUT2D eigenvalue weighted by atomic mass is 10.1. The first-order valence-electron chi connectivity index (χ1n) is 7.43. The van der Waals surface area contributed by atoms with Gasteiger partial charge in [-0.05, 0) is 59.7 Å². The van der Waals surface area contributed by atoms with Gasteiger partial charge in [0, 0.05) is 5.56 Å². The molecule has 3 aromatic rings. The average Bonchev–Trinajstić information content (AvgIpc) is 3.05. The molecule has 0 aliphatic carbocycles. The summed E-state index contributed by atoms with van der Waals surface area (Å²) in [7, 11) is 0.